The highest BCUT2D eigenvalue weighted by atomic mass is 19.3. The van der Waals surface area contributed by atoms with Crippen LogP contribution < -0.4 is 10.2 Å². The van der Waals surface area contributed by atoms with E-state index >= 15 is 0 Å². The van der Waals surface area contributed by atoms with Crippen LogP contribution in [0.5, 0.6) is 0 Å². The molecule has 0 radical (unpaired) electrons. The van der Waals surface area contributed by atoms with E-state index in [4.69, 9.17) is 4.74 Å². The maximum Gasteiger partial charge on any atom is 0.266 e. The van der Waals surface area contributed by atoms with Crippen LogP contribution in [-0.4, -0.2) is 41.3 Å². The topological polar surface area (TPSA) is 63.2 Å². The van der Waals surface area contributed by atoms with E-state index in [9.17, 15) is 13.2 Å². The van der Waals surface area contributed by atoms with Gasteiger partial charge in [-0.2, -0.15) is 0 Å². The highest BCUT2D eigenvalue weighted by Gasteiger charge is 2.44. The minimum absolute atomic E-state index is 0.160. The molecule has 32 heavy (non-hydrogen) atoms. The number of rotatable bonds is 5. The largest absolute Gasteiger partial charge is 0.380 e. The highest BCUT2D eigenvalue weighted by molar-refractivity contribution is 5.90. The van der Waals surface area contributed by atoms with E-state index in [1.165, 1.54) is 12.1 Å². The standard InChI is InChI=1S/C23H24F3N5O/c1-13(15-4-3-5-16(20(15)24)21(25)26)28-22-17-8-19(27-9-18(17)29-14(2)30-22)31-7-6-23(10-31)11-32-12-23/h3-5,8-9,13,21H,6-7,10-12H2,1-2H3,(H,28,29,30)/t13-/m1/s1. The van der Waals surface area contributed by atoms with E-state index in [0.29, 0.717) is 17.2 Å². The second-order valence-electron chi connectivity index (χ2n) is 8.76. The fraction of sp³-hybridized carbons (Fsp3) is 0.435. The van der Waals surface area contributed by atoms with E-state index in [1.807, 2.05) is 6.07 Å². The maximum absolute atomic E-state index is 14.7. The summed E-state index contributed by atoms with van der Waals surface area (Å²) < 4.78 is 46.4. The molecular weight excluding hydrogens is 419 g/mol. The summed E-state index contributed by atoms with van der Waals surface area (Å²) in [4.78, 5) is 15.8. The number of aryl methyl sites for hydroxylation is 1. The second kappa shape index (κ2) is 7.88. The Hall–Kier alpha value is -2.94. The molecule has 2 aliphatic heterocycles. The third-order valence-electron chi connectivity index (χ3n) is 6.37. The summed E-state index contributed by atoms with van der Waals surface area (Å²) in [5, 5.41) is 3.96. The highest BCUT2D eigenvalue weighted by Crippen LogP contribution is 2.39. The van der Waals surface area contributed by atoms with E-state index in [-0.39, 0.29) is 11.0 Å². The summed E-state index contributed by atoms with van der Waals surface area (Å²) in [6, 6.07) is 5.41. The molecule has 1 spiro atoms. The lowest BCUT2D eigenvalue weighted by Gasteiger charge is -2.37. The Bertz CT molecular complexity index is 1170. The number of alkyl halides is 2. The van der Waals surface area contributed by atoms with Crippen LogP contribution in [0.3, 0.4) is 0 Å². The van der Waals surface area contributed by atoms with Crippen LogP contribution in [0.2, 0.25) is 0 Å². The number of hydrogen-bond donors (Lipinski definition) is 1. The van der Waals surface area contributed by atoms with Gasteiger partial charge in [-0.1, -0.05) is 18.2 Å². The van der Waals surface area contributed by atoms with Gasteiger partial charge in [0.2, 0.25) is 0 Å². The number of nitrogens with zero attached hydrogens (tertiary/aromatic N) is 4. The fourth-order valence-corrected chi connectivity index (χ4v) is 4.53. The lowest BCUT2D eigenvalue weighted by atomic mass is 9.85. The van der Waals surface area contributed by atoms with Crippen LogP contribution in [0.1, 0.15) is 42.8 Å². The Balaban J connectivity index is 1.47. The Morgan fingerprint density at radius 3 is 2.66 bits per heavy atom. The second-order valence-corrected chi connectivity index (χ2v) is 8.76. The summed E-state index contributed by atoms with van der Waals surface area (Å²) in [6.45, 7) is 6.85. The van der Waals surface area contributed by atoms with Gasteiger partial charge in [0.05, 0.1) is 36.5 Å². The average Bonchev–Trinajstić information content (AvgIpc) is 3.20. The molecule has 0 saturated carbocycles. The van der Waals surface area contributed by atoms with Gasteiger partial charge in [0.25, 0.3) is 6.43 Å². The number of pyridine rings is 1. The molecule has 0 aliphatic carbocycles. The van der Waals surface area contributed by atoms with Crippen molar-refractivity contribution >= 4 is 22.5 Å². The van der Waals surface area contributed by atoms with Crippen LogP contribution in [0, 0.1) is 18.2 Å². The molecule has 4 heterocycles. The van der Waals surface area contributed by atoms with Crippen molar-refractivity contribution in [1.29, 1.82) is 0 Å². The van der Waals surface area contributed by atoms with Crippen molar-refractivity contribution < 1.29 is 17.9 Å². The molecule has 0 amide bonds. The van der Waals surface area contributed by atoms with E-state index in [1.54, 1.807) is 20.0 Å². The number of benzene rings is 1. The lowest BCUT2D eigenvalue weighted by molar-refractivity contribution is -0.0985. The molecular formula is C23H24F3N5O. The number of ether oxygens (including phenoxy) is 1. The predicted molar refractivity (Wildman–Crippen MR) is 116 cm³/mol. The van der Waals surface area contributed by atoms with Crippen molar-refractivity contribution in [3.05, 3.63) is 53.2 Å². The van der Waals surface area contributed by atoms with E-state index in [2.05, 4.69) is 25.2 Å². The van der Waals surface area contributed by atoms with E-state index in [0.717, 1.165) is 50.0 Å². The van der Waals surface area contributed by atoms with Gasteiger partial charge >= 0.3 is 0 Å². The molecule has 2 saturated heterocycles. The van der Waals surface area contributed by atoms with Crippen molar-refractivity contribution in [1.82, 2.24) is 15.0 Å². The van der Waals surface area contributed by atoms with Crippen molar-refractivity contribution in [3.63, 3.8) is 0 Å². The molecule has 1 aromatic carbocycles. The van der Waals surface area contributed by atoms with Crippen LogP contribution >= 0.6 is 0 Å². The number of anilines is 2. The molecule has 2 aliphatic rings. The van der Waals surface area contributed by atoms with Gasteiger partial charge in [-0.25, -0.2) is 28.1 Å². The van der Waals surface area contributed by atoms with E-state index < -0.39 is 23.8 Å². The van der Waals surface area contributed by atoms with Crippen LogP contribution in [-0.2, 0) is 4.74 Å². The summed E-state index contributed by atoms with van der Waals surface area (Å²) in [7, 11) is 0. The van der Waals surface area contributed by atoms with Crippen molar-refractivity contribution in [2.75, 3.05) is 36.5 Å². The Morgan fingerprint density at radius 2 is 1.97 bits per heavy atom. The monoisotopic (exact) mass is 443 g/mol. The van der Waals surface area contributed by atoms with Gasteiger partial charge in [-0.3, -0.25) is 0 Å². The van der Waals surface area contributed by atoms with Crippen LogP contribution in [0.25, 0.3) is 10.9 Å². The van der Waals surface area contributed by atoms with Crippen LogP contribution in [0.15, 0.2) is 30.5 Å². The molecule has 0 bridgehead atoms. The SMILES string of the molecule is Cc1nc(N[C@H](C)c2cccc(C(F)F)c2F)c2cc(N3CCC4(COC4)C3)ncc2n1. The Morgan fingerprint density at radius 1 is 1.19 bits per heavy atom. The van der Waals surface area contributed by atoms with Crippen molar-refractivity contribution in [2.45, 2.75) is 32.7 Å². The third-order valence-corrected chi connectivity index (χ3v) is 6.37. The summed E-state index contributed by atoms with van der Waals surface area (Å²) in [6.07, 6.45) is -0.0863. The van der Waals surface area contributed by atoms with Crippen molar-refractivity contribution in [2.24, 2.45) is 5.41 Å². The number of fused-ring (bicyclic) bond motifs is 1. The molecule has 5 rings (SSSR count). The zero-order valence-electron chi connectivity index (χ0n) is 17.9. The van der Waals surface area contributed by atoms with Gasteiger partial charge < -0.3 is 15.0 Å². The van der Waals surface area contributed by atoms with Gasteiger partial charge in [0.15, 0.2) is 0 Å². The summed E-state index contributed by atoms with van der Waals surface area (Å²) >= 11 is 0. The number of nitrogens with one attached hydrogen (secondary N) is 1. The molecule has 3 aromatic rings. The maximum atomic E-state index is 14.7. The first kappa shape index (κ1) is 20.9. The fourth-order valence-electron chi connectivity index (χ4n) is 4.53. The van der Waals surface area contributed by atoms with Crippen molar-refractivity contribution in [3.8, 4) is 0 Å². The zero-order valence-corrected chi connectivity index (χ0v) is 17.9. The Labute approximate surface area is 183 Å². The summed E-state index contributed by atoms with van der Waals surface area (Å²) in [5.41, 5.74) is 0.449. The molecule has 1 N–H and O–H groups in total. The third kappa shape index (κ3) is 3.64. The quantitative estimate of drug-likeness (QED) is 0.611. The molecule has 0 unspecified atom stereocenters. The molecule has 168 valence electrons. The minimum atomic E-state index is -2.87. The smallest absolute Gasteiger partial charge is 0.266 e. The molecule has 9 heteroatoms. The first-order chi connectivity index (χ1) is 15.3. The number of aromatic nitrogens is 3. The number of halogens is 3. The van der Waals surface area contributed by atoms with Gasteiger partial charge in [0, 0.05) is 29.5 Å². The van der Waals surface area contributed by atoms with Gasteiger partial charge in [-0.15, -0.1) is 0 Å². The average molecular weight is 443 g/mol. The molecule has 2 fully saturated rings. The van der Waals surface area contributed by atoms with Gasteiger partial charge in [-0.05, 0) is 26.3 Å². The minimum Gasteiger partial charge on any atom is -0.380 e. The first-order valence-corrected chi connectivity index (χ1v) is 10.7. The molecule has 6 nitrogen and oxygen atoms in total. The normalized spacial score (nSPS) is 18.4. The zero-order chi connectivity index (χ0) is 22.5. The molecule has 1 atom stereocenters. The predicted octanol–water partition coefficient (Wildman–Crippen LogP) is 4.81. The van der Waals surface area contributed by atoms with Gasteiger partial charge in [0.1, 0.15) is 23.3 Å². The lowest BCUT2D eigenvalue weighted by Crippen LogP contribution is -2.44. The van der Waals surface area contributed by atoms with Crippen LogP contribution in [0.4, 0.5) is 24.8 Å². The first-order valence-electron chi connectivity index (χ1n) is 10.7. The molecule has 2 aromatic heterocycles. The number of hydrogen-bond acceptors (Lipinski definition) is 6. The summed E-state index contributed by atoms with van der Waals surface area (Å²) in [5.74, 6) is 0.988. The Kier molecular flexibility index (Phi) is 5.16.